The molecule has 4 heterocycles. The molecular weight excluding hydrogens is 358 g/mol. The molecule has 8 nitrogen and oxygen atoms in total. The van der Waals surface area contributed by atoms with Crippen molar-refractivity contribution < 1.29 is 14.1 Å². The number of hydrogen-bond donors (Lipinski definition) is 1. The topological polar surface area (TPSA) is 93.4 Å². The Bertz CT molecular complexity index is 991. The van der Waals surface area contributed by atoms with Gasteiger partial charge in [0, 0.05) is 18.8 Å². The van der Waals surface area contributed by atoms with E-state index < -0.39 is 0 Å². The number of carbonyl (C=O) groups excluding carboxylic acids is 1. The number of aromatic nitrogens is 3. The fourth-order valence-corrected chi connectivity index (χ4v) is 3.24. The SMILES string of the molecule is Cc1noc2nc(C(C)C)cc(C(=O)Nc3ccc(N4CCOCC4)cn3)c12. The van der Waals surface area contributed by atoms with Crippen molar-refractivity contribution in [3.8, 4) is 0 Å². The Morgan fingerprint density at radius 3 is 2.71 bits per heavy atom. The first-order valence-corrected chi connectivity index (χ1v) is 9.40. The molecule has 0 radical (unpaired) electrons. The van der Waals surface area contributed by atoms with Crippen LogP contribution in [0.15, 0.2) is 28.9 Å². The minimum Gasteiger partial charge on any atom is -0.378 e. The summed E-state index contributed by atoms with van der Waals surface area (Å²) in [5, 5.41) is 7.47. The van der Waals surface area contributed by atoms with Crippen LogP contribution in [0.25, 0.3) is 11.1 Å². The number of nitrogens with one attached hydrogen (secondary N) is 1. The Hall–Kier alpha value is -3.00. The summed E-state index contributed by atoms with van der Waals surface area (Å²) in [5.74, 6) is 0.395. The first kappa shape index (κ1) is 18.4. The van der Waals surface area contributed by atoms with Gasteiger partial charge < -0.3 is 19.5 Å². The Kier molecular flexibility index (Phi) is 4.95. The lowest BCUT2D eigenvalue weighted by atomic mass is 10.0. The molecule has 1 N–H and O–H groups in total. The number of pyridine rings is 2. The van der Waals surface area contributed by atoms with Crippen LogP contribution < -0.4 is 10.2 Å². The third-order valence-electron chi connectivity index (χ3n) is 4.84. The molecule has 1 aliphatic heterocycles. The molecule has 0 spiro atoms. The van der Waals surface area contributed by atoms with E-state index in [1.54, 1.807) is 19.2 Å². The fourth-order valence-electron chi connectivity index (χ4n) is 3.24. The summed E-state index contributed by atoms with van der Waals surface area (Å²) in [6.07, 6.45) is 1.77. The second-order valence-corrected chi connectivity index (χ2v) is 7.15. The summed E-state index contributed by atoms with van der Waals surface area (Å²) >= 11 is 0. The molecule has 0 saturated carbocycles. The molecule has 0 aliphatic carbocycles. The van der Waals surface area contributed by atoms with E-state index in [0.29, 0.717) is 41.4 Å². The third kappa shape index (κ3) is 3.55. The van der Waals surface area contributed by atoms with Gasteiger partial charge in [-0.1, -0.05) is 19.0 Å². The van der Waals surface area contributed by atoms with Gasteiger partial charge in [-0.05, 0) is 31.0 Å². The van der Waals surface area contributed by atoms with Crippen molar-refractivity contribution in [2.24, 2.45) is 0 Å². The zero-order valence-electron chi connectivity index (χ0n) is 16.2. The zero-order valence-corrected chi connectivity index (χ0v) is 16.2. The average molecular weight is 381 g/mol. The van der Waals surface area contributed by atoms with Gasteiger partial charge >= 0.3 is 0 Å². The van der Waals surface area contributed by atoms with Crippen molar-refractivity contribution >= 4 is 28.5 Å². The molecule has 1 saturated heterocycles. The predicted molar refractivity (Wildman–Crippen MR) is 106 cm³/mol. The van der Waals surface area contributed by atoms with Crippen molar-refractivity contribution in [3.63, 3.8) is 0 Å². The Labute approximate surface area is 162 Å². The Morgan fingerprint density at radius 2 is 2.04 bits per heavy atom. The summed E-state index contributed by atoms with van der Waals surface area (Å²) < 4.78 is 10.7. The van der Waals surface area contributed by atoms with Crippen LogP contribution in [0.4, 0.5) is 11.5 Å². The van der Waals surface area contributed by atoms with Gasteiger partial charge in [-0.3, -0.25) is 4.79 Å². The van der Waals surface area contributed by atoms with Crippen LogP contribution in [0.5, 0.6) is 0 Å². The maximum Gasteiger partial charge on any atom is 0.259 e. The molecule has 4 rings (SSSR count). The number of rotatable bonds is 4. The third-order valence-corrected chi connectivity index (χ3v) is 4.84. The second-order valence-electron chi connectivity index (χ2n) is 7.15. The molecular formula is C20H23N5O3. The minimum absolute atomic E-state index is 0.160. The number of amides is 1. The van der Waals surface area contributed by atoms with Crippen molar-refractivity contribution in [2.75, 3.05) is 36.5 Å². The van der Waals surface area contributed by atoms with E-state index >= 15 is 0 Å². The Morgan fingerprint density at radius 1 is 1.25 bits per heavy atom. The van der Waals surface area contributed by atoms with Crippen LogP contribution in [0, 0.1) is 6.92 Å². The van der Waals surface area contributed by atoms with Crippen LogP contribution in [0.3, 0.4) is 0 Å². The molecule has 0 aromatic carbocycles. The molecule has 146 valence electrons. The van der Waals surface area contributed by atoms with Gasteiger partial charge in [0.1, 0.15) is 5.82 Å². The average Bonchev–Trinajstić information content (AvgIpc) is 3.09. The number of nitrogens with zero attached hydrogens (tertiary/aromatic N) is 4. The molecule has 1 fully saturated rings. The van der Waals surface area contributed by atoms with E-state index in [0.717, 1.165) is 24.5 Å². The second kappa shape index (κ2) is 7.55. The van der Waals surface area contributed by atoms with Crippen LogP contribution in [-0.2, 0) is 4.74 Å². The summed E-state index contributed by atoms with van der Waals surface area (Å²) in [6, 6.07) is 5.57. The van der Waals surface area contributed by atoms with E-state index in [-0.39, 0.29) is 11.8 Å². The molecule has 1 aliphatic rings. The lowest BCUT2D eigenvalue weighted by Gasteiger charge is -2.28. The highest BCUT2D eigenvalue weighted by molar-refractivity contribution is 6.12. The summed E-state index contributed by atoms with van der Waals surface area (Å²) in [4.78, 5) is 24.0. The molecule has 3 aromatic rings. The van der Waals surface area contributed by atoms with Gasteiger partial charge in [0.15, 0.2) is 0 Å². The minimum atomic E-state index is -0.257. The largest absolute Gasteiger partial charge is 0.378 e. The lowest BCUT2D eigenvalue weighted by molar-refractivity contribution is 0.102. The first-order chi connectivity index (χ1) is 13.5. The van der Waals surface area contributed by atoms with Gasteiger partial charge in [0.2, 0.25) is 0 Å². The monoisotopic (exact) mass is 381 g/mol. The van der Waals surface area contributed by atoms with E-state index in [9.17, 15) is 4.79 Å². The smallest absolute Gasteiger partial charge is 0.259 e. The van der Waals surface area contributed by atoms with E-state index in [4.69, 9.17) is 9.26 Å². The summed E-state index contributed by atoms with van der Waals surface area (Å²) in [6.45, 7) is 8.95. The summed E-state index contributed by atoms with van der Waals surface area (Å²) in [7, 11) is 0. The van der Waals surface area contributed by atoms with Gasteiger partial charge in [0.05, 0.1) is 41.7 Å². The van der Waals surface area contributed by atoms with E-state index in [2.05, 4.69) is 25.3 Å². The maximum absolute atomic E-state index is 13.0. The van der Waals surface area contributed by atoms with Gasteiger partial charge in [0.25, 0.3) is 11.6 Å². The maximum atomic E-state index is 13.0. The Balaban J connectivity index is 1.59. The highest BCUT2D eigenvalue weighted by Gasteiger charge is 2.20. The standard InChI is InChI=1S/C20H23N5O3/c1-12(2)16-10-15(18-13(3)24-28-20(18)22-16)19(26)23-17-5-4-14(11-21-17)25-6-8-27-9-7-25/h4-5,10-12H,6-9H2,1-3H3,(H,21,23,26). The molecule has 1 amide bonds. The number of anilines is 2. The number of morpholine rings is 1. The first-order valence-electron chi connectivity index (χ1n) is 9.40. The predicted octanol–water partition coefficient (Wildman–Crippen LogP) is 3.14. The van der Waals surface area contributed by atoms with Crippen molar-refractivity contribution in [3.05, 3.63) is 41.3 Å². The molecule has 0 atom stereocenters. The molecule has 0 bridgehead atoms. The van der Waals surface area contributed by atoms with Gasteiger partial charge in [-0.2, -0.15) is 0 Å². The fraction of sp³-hybridized carbons (Fsp3) is 0.400. The zero-order chi connectivity index (χ0) is 19.7. The van der Waals surface area contributed by atoms with Gasteiger partial charge in [-0.25, -0.2) is 9.97 Å². The molecule has 8 heteroatoms. The number of hydrogen-bond acceptors (Lipinski definition) is 7. The van der Waals surface area contributed by atoms with E-state index in [1.165, 1.54) is 0 Å². The quantitative estimate of drug-likeness (QED) is 0.742. The highest BCUT2D eigenvalue weighted by atomic mass is 16.5. The van der Waals surface area contributed by atoms with Crippen molar-refractivity contribution in [1.29, 1.82) is 0 Å². The summed E-state index contributed by atoms with van der Waals surface area (Å²) in [5.41, 5.74) is 3.31. The van der Waals surface area contributed by atoms with Crippen LogP contribution in [0.1, 0.15) is 41.5 Å². The molecule has 28 heavy (non-hydrogen) atoms. The number of carbonyl (C=O) groups is 1. The van der Waals surface area contributed by atoms with Crippen molar-refractivity contribution in [2.45, 2.75) is 26.7 Å². The number of ether oxygens (including phenoxy) is 1. The van der Waals surface area contributed by atoms with Crippen LogP contribution in [-0.4, -0.2) is 47.3 Å². The van der Waals surface area contributed by atoms with Gasteiger partial charge in [-0.15, -0.1) is 0 Å². The number of aryl methyl sites for hydroxylation is 1. The van der Waals surface area contributed by atoms with Crippen LogP contribution >= 0.6 is 0 Å². The van der Waals surface area contributed by atoms with Crippen LogP contribution in [0.2, 0.25) is 0 Å². The lowest BCUT2D eigenvalue weighted by Crippen LogP contribution is -2.36. The van der Waals surface area contributed by atoms with Crippen molar-refractivity contribution in [1.82, 2.24) is 15.1 Å². The highest BCUT2D eigenvalue weighted by Crippen LogP contribution is 2.26. The van der Waals surface area contributed by atoms with E-state index in [1.807, 2.05) is 26.0 Å². The normalized spacial score (nSPS) is 14.6. The molecule has 0 unspecified atom stereocenters. The number of fused-ring (bicyclic) bond motifs is 1. The molecule has 3 aromatic heterocycles.